The van der Waals surface area contributed by atoms with Gasteiger partial charge in [0.1, 0.15) is 12.7 Å². The molecule has 2 rings (SSSR count). The third kappa shape index (κ3) is 2.39. The zero-order valence-electron chi connectivity index (χ0n) is 8.21. The lowest BCUT2D eigenvalue weighted by molar-refractivity contribution is 0.141. The Morgan fingerprint density at radius 2 is 2.07 bits per heavy atom. The maximum Gasteiger partial charge on any atom is 0.138 e. The molecule has 5 nitrogen and oxygen atoms in total. The van der Waals surface area contributed by atoms with Crippen LogP contribution >= 0.6 is 0 Å². The minimum Gasteiger partial charge on any atom is -0.304 e. The first-order chi connectivity index (χ1) is 7.40. The Hall–Kier alpha value is -1.72. The molecule has 0 unspecified atom stereocenters. The normalized spacial score (nSPS) is 10.5. The molecule has 0 amide bonds. The van der Waals surface area contributed by atoms with Gasteiger partial charge in [-0.25, -0.2) is 15.6 Å². The summed E-state index contributed by atoms with van der Waals surface area (Å²) in [6, 6.07) is 8.02. The van der Waals surface area contributed by atoms with Gasteiger partial charge >= 0.3 is 0 Å². The van der Waals surface area contributed by atoms with Crippen LogP contribution in [0.3, 0.4) is 0 Å². The molecular formula is C10H12N4O. The lowest BCUT2D eigenvalue weighted by atomic mass is 10.1. The molecular weight excluding hydrogens is 192 g/mol. The first-order valence-electron chi connectivity index (χ1n) is 4.66. The van der Waals surface area contributed by atoms with Gasteiger partial charge in [0.25, 0.3) is 0 Å². The summed E-state index contributed by atoms with van der Waals surface area (Å²) in [4.78, 5) is 8.41. The van der Waals surface area contributed by atoms with Crippen LogP contribution in [0.15, 0.2) is 36.9 Å². The van der Waals surface area contributed by atoms with Crippen molar-refractivity contribution in [2.24, 2.45) is 5.90 Å². The van der Waals surface area contributed by atoms with Gasteiger partial charge in [-0.1, -0.05) is 12.1 Å². The second-order valence-electron chi connectivity index (χ2n) is 3.13. The van der Waals surface area contributed by atoms with Gasteiger partial charge in [-0.3, -0.25) is 0 Å². The number of hydrogen-bond donors (Lipinski definition) is 1. The fourth-order valence-corrected chi connectivity index (χ4v) is 1.33. The van der Waals surface area contributed by atoms with Crippen LogP contribution < -0.4 is 5.90 Å². The lowest BCUT2D eigenvalue weighted by Crippen LogP contribution is -2.03. The molecule has 0 atom stereocenters. The van der Waals surface area contributed by atoms with Crippen LogP contribution in [0.4, 0.5) is 0 Å². The Kier molecular flexibility index (Phi) is 3.06. The second kappa shape index (κ2) is 4.68. The van der Waals surface area contributed by atoms with E-state index in [1.807, 2.05) is 24.3 Å². The first kappa shape index (κ1) is 9.82. The highest BCUT2D eigenvalue weighted by Crippen LogP contribution is 2.08. The summed E-state index contributed by atoms with van der Waals surface area (Å²) in [6.07, 6.45) is 3.99. The van der Waals surface area contributed by atoms with E-state index in [1.165, 1.54) is 11.9 Å². The number of nitrogens with two attached hydrogens (primary N) is 1. The minimum absolute atomic E-state index is 0.530. The molecule has 0 aliphatic carbocycles. The third-order valence-electron chi connectivity index (χ3n) is 2.13. The average Bonchev–Trinajstić information content (AvgIpc) is 2.80. The quantitative estimate of drug-likeness (QED) is 0.744. The fourth-order valence-electron chi connectivity index (χ4n) is 1.33. The zero-order chi connectivity index (χ0) is 10.5. The standard InChI is InChI=1S/C10H12N4O/c11-15-6-5-9-1-3-10(4-2-9)14-8-12-7-13-14/h1-4,7-8H,5-6,11H2. The lowest BCUT2D eigenvalue weighted by Gasteiger charge is -2.02. The van der Waals surface area contributed by atoms with Crippen molar-refractivity contribution in [2.45, 2.75) is 6.42 Å². The van der Waals surface area contributed by atoms with Crippen molar-refractivity contribution < 1.29 is 4.84 Å². The van der Waals surface area contributed by atoms with Crippen molar-refractivity contribution in [1.29, 1.82) is 0 Å². The van der Waals surface area contributed by atoms with Crippen molar-refractivity contribution in [3.63, 3.8) is 0 Å². The van der Waals surface area contributed by atoms with E-state index < -0.39 is 0 Å². The third-order valence-corrected chi connectivity index (χ3v) is 2.13. The summed E-state index contributed by atoms with van der Waals surface area (Å²) < 4.78 is 1.71. The van der Waals surface area contributed by atoms with Gasteiger partial charge < -0.3 is 4.84 Å². The summed E-state index contributed by atoms with van der Waals surface area (Å²) >= 11 is 0. The van der Waals surface area contributed by atoms with Crippen molar-refractivity contribution >= 4 is 0 Å². The van der Waals surface area contributed by atoms with E-state index in [4.69, 9.17) is 5.90 Å². The molecule has 0 saturated carbocycles. The highest BCUT2D eigenvalue weighted by atomic mass is 16.6. The number of benzene rings is 1. The van der Waals surface area contributed by atoms with E-state index in [1.54, 1.807) is 11.0 Å². The largest absolute Gasteiger partial charge is 0.304 e. The maximum absolute atomic E-state index is 4.96. The topological polar surface area (TPSA) is 66.0 Å². The van der Waals surface area contributed by atoms with Crippen molar-refractivity contribution in [1.82, 2.24) is 14.8 Å². The molecule has 1 aromatic carbocycles. The zero-order valence-corrected chi connectivity index (χ0v) is 8.21. The summed E-state index contributed by atoms with van der Waals surface area (Å²) in [5.41, 5.74) is 2.18. The van der Waals surface area contributed by atoms with Crippen LogP contribution in [-0.4, -0.2) is 21.4 Å². The molecule has 5 heteroatoms. The van der Waals surface area contributed by atoms with E-state index in [-0.39, 0.29) is 0 Å². The highest BCUT2D eigenvalue weighted by Gasteiger charge is 1.97. The SMILES string of the molecule is NOCCc1ccc(-n2cncn2)cc1. The van der Waals surface area contributed by atoms with E-state index in [2.05, 4.69) is 14.9 Å². The molecule has 2 aromatic rings. The van der Waals surface area contributed by atoms with Gasteiger partial charge in [-0.2, -0.15) is 5.10 Å². The van der Waals surface area contributed by atoms with Gasteiger partial charge in [-0.05, 0) is 24.1 Å². The first-order valence-corrected chi connectivity index (χ1v) is 4.66. The predicted octanol–water partition coefficient (Wildman–Crippen LogP) is 0.700. The Balaban J connectivity index is 2.11. The Morgan fingerprint density at radius 3 is 2.67 bits per heavy atom. The molecule has 0 radical (unpaired) electrons. The van der Waals surface area contributed by atoms with Crippen LogP contribution in [0.2, 0.25) is 0 Å². The number of nitrogens with zero attached hydrogens (tertiary/aromatic N) is 3. The van der Waals surface area contributed by atoms with Crippen LogP contribution in [0.25, 0.3) is 5.69 Å². The van der Waals surface area contributed by atoms with E-state index >= 15 is 0 Å². The summed E-state index contributed by atoms with van der Waals surface area (Å²) in [7, 11) is 0. The highest BCUT2D eigenvalue weighted by molar-refractivity contribution is 5.33. The smallest absolute Gasteiger partial charge is 0.138 e. The maximum atomic E-state index is 4.96. The van der Waals surface area contributed by atoms with Crippen LogP contribution in [0, 0.1) is 0 Å². The van der Waals surface area contributed by atoms with Crippen molar-refractivity contribution in [3.05, 3.63) is 42.5 Å². The van der Waals surface area contributed by atoms with Crippen LogP contribution in [0.5, 0.6) is 0 Å². The van der Waals surface area contributed by atoms with E-state index in [0.717, 1.165) is 12.1 Å². The Morgan fingerprint density at radius 1 is 1.27 bits per heavy atom. The molecule has 0 fully saturated rings. The fraction of sp³-hybridized carbons (Fsp3) is 0.200. The molecule has 2 N–H and O–H groups in total. The molecule has 1 aromatic heterocycles. The molecule has 0 saturated heterocycles. The Labute approximate surface area is 87.5 Å². The average molecular weight is 204 g/mol. The number of hydrogen-bond acceptors (Lipinski definition) is 4. The van der Waals surface area contributed by atoms with Gasteiger partial charge in [0.05, 0.1) is 12.3 Å². The molecule has 0 aliphatic rings. The van der Waals surface area contributed by atoms with Gasteiger partial charge in [0.15, 0.2) is 0 Å². The van der Waals surface area contributed by atoms with Gasteiger partial charge in [0, 0.05) is 0 Å². The van der Waals surface area contributed by atoms with Crippen LogP contribution in [-0.2, 0) is 11.3 Å². The van der Waals surface area contributed by atoms with Gasteiger partial charge in [0.2, 0.25) is 0 Å². The van der Waals surface area contributed by atoms with E-state index in [0.29, 0.717) is 6.61 Å². The van der Waals surface area contributed by atoms with Crippen LogP contribution in [0.1, 0.15) is 5.56 Å². The molecule has 1 heterocycles. The monoisotopic (exact) mass is 204 g/mol. The minimum atomic E-state index is 0.530. The van der Waals surface area contributed by atoms with Crippen molar-refractivity contribution in [2.75, 3.05) is 6.61 Å². The molecule has 15 heavy (non-hydrogen) atoms. The summed E-state index contributed by atoms with van der Waals surface area (Å²) in [6.45, 7) is 0.530. The molecule has 0 bridgehead atoms. The van der Waals surface area contributed by atoms with Crippen molar-refractivity contribution in [3.8, 4) is 5.69 Å². The summed E-state index contributed by atoms with van der Waals surface area (Å²) in [5.74, 6) is 4.96. The number of aromatic nitrogens is 3. The predicted molar refractivity (Wildman–Crippen MR) is 55.2 cm³/mol. The second-order valence-corrected chi connectivity index (χ2v) is 3.13. The molecule has 0 aliphatic heterocycles. The van der Waals surface area contributed by atoms with Gasteiger partial charge in [-0.15, -0.1) is 0 Å². The Bertz CT molecular complexity index is 396. The molecule has 78 valence electrons. The summed E-state index contributed by atoms with van der Waals surface area (Å²) in [5, 5.41) is 4.04. The number of rotatable bonds is 4. The van der Waals surface area contributed by atoms with E-state index in [9.17, 15) is 0 Å². The molecule has 0 spiro atoms.